The van der Waals surface area contributed by atoms with Crippen LogP contribution in [-0.4, -0.2) is 19.5 Å². The van der Waals surface area contributed by atoms with E-state index in [0.717, 1.165) is 33.1 Å². The molecule has 0 fully saturated rings. The van der Waals surface area contributed by atoms with Crippen molar-refractivity contribution in [3.8, 4) is 39.9 Å². The first-order valence-electron chi connectivity index (χ1n) is 15.8. The van der Waals surface area contributed by atoms with Crippen LogP contribution in [0.5, 0.6) is 0 Å². The van der Waals surface area contributed by atoms with E-state index in [1.807, 2.05) is 66.7 Å². The van der Waals surface area contributed by atoms with E-state index in [2.05, 4.69) is 58.1 Å². The molecule has 4 nitrogen and oxygen atoms in total. The molecule has 192 valence electrons. The maximum absolute atomic E-state index is 8.62. The van der Waals surface area contributed by atoms with Crippen LogP contribution in [0, 0.1) is 0 Å². The molecule has 0 radical (unpaired) electrons. The van der Waals surface area contributed by atoms with Crippen molar-refractivity contribution in [3.05, 3.63) is 145 Å². The highest BCUT2D eigenvalue weighted by molar-refractivity contribution is 6.11. The second-order valence-corrected chi connectivity index (χ2v) is 9.72. The Labute approximate surface area is 244 Å². The largest absolute Gasteiger partial charge is 0.309 e. The third kappa shape index (κ3) is 3.88. The number of aromatic nitrogens is 4. The van der Waals surface area contributed by atoms with Crippen molar-refractivity contribution < 1.29 is 6.85 Å². The molecule has 0 saturated carbocycles. The fourth-order valence-corrected chi connectivity index (χ4v) is 5.54. The van der Waals surface area contributed by atoms with Crippen molar-refractivity contribution in [1.82, 2.24) is 19.5 Å². The number of para-hydroxylation sites is 2. The summed E-state index contributed by atoms with van der Waals surface area (Å²) < 4.78 is 44.1. The van der Waals surface area contributed by atoms with Gasteiger partial charge in [0, 0.05) is 32.8 Å². The lowest BCUT2D eigenvalue weighted by molar-refractivity contribution is 1.08. The van der Waals surface area contributed by atoms with Crippen LogP contribution >= 0.6 is 0 Å². The lowest BCUT2D eigenvalue weighted by atomic mass is 10.0. The van der Waals surface area contributed by atoms with E-state index >= 15 is 0 Å². The van der Waals surface area contributed by atoms with Crippen molar-refractivity contribution in [1.29, 1.82) is 0 Å². The van der Waals surface area contributed by atoms with E-state index in [1.54, 1.807) is 0 Å². The first-order chi connectivity index (χ1) is 22.4. The SMILES string of the molecule is [2H]c1c([2H])c([2H])c(-c2nc(-c3ccccc3)nc(-c3ccc(-n4c5ccccc5c5ccccc54)c4ccccc34)n2)c([2H])c1[2H]. The molecule has 0 unspecified atom stereocenters. The number of nitrogens with zero attached hydrogens (tertiary/aromatic N) is 4. The maximum Gasteiger partial charge on any atom is 0.164 e. The number of benzene rings is 6. The highest BCUT2D eigenvalue weighted by Crippen LogP contribution is 2.37. The molecular formula is C37H24N4. The van der Waals surface area contributed by atoms with Gasteiger partial charge in [-0.1, -0.05) is 121 Å². The molecule has 0 saturated heterocycles. The van der Waals surface area contributed by atoms with E-state index in [9.17, 15) is 0 Å². The van der Waals surface area contributed by atoms with Gasteiger partial charge in [-0.05, 0) is 29.7 Å². The average molecular weight is 530 g/mol. The van der Waals surface area contributed by atoms with E-state index in [1.165, 1.54) is 10.8 Å². The van der Waals surface area contributed by atoms with Gasteiger partial charge in [-0.25, -0.2) is 15.0 Å². The quantitative estimate of drug-likeness (QED) is 0.228. The van der Waals surface area contributed by atoms with Crippen molar-refractivity contribution in [2.45, 2.75) is 0 Å². The van der Waals surface area contributed by atoms with Gasteiger partial charge in [-0.3, -0.25) is 0 Å². The molecule has 0 atom stereocenters. The number of hydrogen-bond donors (Lipinski definition) is 0. The normalized spacial score (nSPS) is 13.1. The van der Waals surface area contributed by atoms with Crippen LogP contribution in [0.25, 0.3) is 72.4 Å². The average Bonchev–Trinajstić information content (AvgIpc) is 3.44. The second kappa shape index (κ2) is 9.54. The van der Waals surface area contributed by atoms with Crippen molar-refractivity contribution in [2.75, 3.05) is 0 Å². The number of hydrogen-bond acceptors (Lipinski definition) is 3. The summed E-state index contributed by atoms with van der Waals surface area (Å²) in [4.78, 5) is 14.3. The van der Waals surface area contributed by atoms with E-state index in [-0.39, 0.29) is 23.5 Å². The Balaban J connectivity index is 1.41. The molecule has 6 aromatic carbocycles. The molecule has 0 aliphatic carbocycles. The minimum atomic E-state index is -0.469. The molecule has 2 aromatic heterocycles. The lowest BCUT2D eigenvalue weighted by Gasteiger charge is -2.15. The molecule has 0 aliphatic rings. The topological polar surface area (TPSA) is 43.6 Å². The van der Waals surface area contributed by atoms with Gasteiger partial charge in [-0.15, -0.1) is 0 Å². The first kappa shape index (κ1) is 18.6. The summed E-state index contributed by atoms with van der Waals surface area (Å²) in [5.74, 6) is 0.681. The zero-order valence-corrected chi connectivity index (χ0v) is 21.8. The summed E-state index contributed by atoms with van der Waals surface area (Å²) in [5, 5.41) is 4.22. The summed E-state index contributed by atoms with van der Waals surface area (Å²) in [5.41, 5.74) is 4.56. The summed E-state index contributed by atoms with van der Waals surface area (Å²) in [6, 6.07) is 36.1. The standard InChI is InChI=1S/C37H24N4/c1-3-13-25(14-4-1)35-38-36(26-15-5-2-6-16-26)40-37(39-35)31-23-24-34(28-18-8-7-17-27(28)31)41-32-21-11-9-19-29(32)30-20-10-12-22-33(30)41/h1-24H/i1D,3D,4D,13D,14D. The van der Waals surface area contributed by atoms with Gasteiger partial charge >= 0.3 is 0 Å². The van der Waals surface area contributed by atoms with Crippen molar-refractivity contribution >= 4 is 32.6 Å². The van der Waals surface area contributed by atoms with Gasteiger partial charge in [0.05, 0.1) is 23.6 Å². The Bertz CT molecular complexity index is 2410. The van der Waals surface area contributed by atoms with Gasteiger partial charge in [0.1, 0.15) is 0 Å². The molecule has 4 heteroatoms. The fraction of sp³-hybridized carbons (Fsp3) is 0. The summed E-state index contributed by atoms with van der Waals surface area (Å²) in [6.07, 6.45) is 0. The van der Waals surface area contributed by atoms with Crippen LogP contribution in [0.15, 0.2) is 145 Å². The smallest absolute Gasteiger partial charge is 0.164 e. The van der Waals surface area contributed by atoms with Gasteiger partial charge in [0.2, 0.25) is 0 Å². The molecular weight excluding hydrogens is 500 g/mol. The minimum absolute atomic E-state index is 0.0106. The monoisotopic (exact) mass is 529 g/mol. The molecule has 0 bridgehead atoms. The summed E-state index contributed by atoms with van der Waals surface area (Å²) in [7, 11) is 0. The zero-order chi connectivity index (χ0) is 31.5. The van der Waals surface area contributed by atoms with Crippen LogP contribution in [0.3, 0.4) is 0 Å². The van der Waals surface area contributed by atoms with Gasteiger partial charge in [-0.2, -0.15) is 0 Å². The zero-order valence-electron chi connectivity index (χ0n) is 26.8. The molecule has 0 aliphatic heterocycles. The molecule has 41 heavy (non-hydrogen) atoms. The third-order valence-electron chi connectivity index (χ3n) is 7.35. The molecule has 0 amide bonds. The van der Waals surface area contributed by atoms with Crippen LogP contribution in [0.4, 0.5) is 0 Å². The van der Waals surface area contributed by atoms with E-state index < -0.39 is 18.1 Å². The highest BCUT2D eigenvalue weighted by atomic mass is 15.0. The minimum Gasteiger partial charge on any atom is -0.309 e. The van der Waals surface area contributed by atoms with Gasteiger partial charge in [0.15, 0.2) is 17.5 Å². The predicted molar refractivity (Wildman–Crippen MR) is 168 cm³/mol. The van der Waals surface area contributed by atoms with Crippen LogP contribution in [0.1, 0.15) is 6.85 Å². The molecule has 8 aromatic rings. The molecule has 0 spiro atoms. The summed E-state index contributed by atoms with van der Waals surface area (Å²) >= 11 is 0. The molecule has 8 rings (SSSR count). The Hall–Kier alpha value is -5.61. The van der Waals surface area contributed by atoms with Crippen LogP contribution in [-0.2, 0) is 0 Å². The lowest BCUT2D eigenvalue weighted by Crippen LogP contribution is -2.01. The van der Waals surface area contributed by atoms with Gasteiger partial charge < -0.3 is 4.57 Å². The van der Waals surface area contributed by atoms with Crippen LogP contribution < -0.4 is 0 Å². The number of fused-ring (bicyclic) bond motifs is 4. The van der Waals surface area contributed by atoms with Crippen molar-refractivity contribution in [3.63, 3.8) is 0 Å². The predicted octanol–water partition coefficient (Wildman–Crippen LogP) is 9.12. The van der Waals surface area contributed by atoms with E-state index in [0.29, 0.717) is 17.2 Å². The second-order valence-electron chi connectivity index (χ2n) is 9.72. The highest BCUT2D eigenvalue weighted by Gasteiger charge is 2.18. The Kier molecular flexibility index (Phi) is 4.34. The fourth-order valence-electron chi connectivity index (χ4n) is 5.54. The Morgan fingerprint density at radius 3 is 1.66 bits per heavy atom. The molecule has 0 N–H and O–H groups in total. The Morgan fingerprint density at radius 1 is 0.439 bits per heavy atom. The third-order valence-corrected chi connectivity index (χ3v) is 7.35. The maximum atomic E-state index is 8.62. The molecule has 2 heterocycles. The number of rotatable bonds is 4. The first-order valence-corrected chi connectivity index (χ1v) is 13.3. The van der Waals surface area contributed by atoms with E-state index in [4.69, 9.17) is 16.8 Å². The van der Waals surface area contributed by atoms with Crippen molar-refractivity contribution in [2.24, 2.45) is 0 Å². The van der Waals surface area contributed by atoms with Gasteiger partial charge in [0.25, 0.3) is 0 Å². The summed E-state index contributed by atoms with van der Waals surface area (Å²) in [6.45, 7) is 0. The Morgan fingerprint density at radius 2 is 0.976 bits per heavy atom. The van der Waals surface area contributed by atoms with Crippen LogP contribution in [0.2, 0.25) is 0 Å².